The molecular weight excluding hydrogens is 228 g/mol. The van der Waals surface area contributed by atoms with Crippen molar-refractivity contribution < 1.29 is 4.79 Å². The number of nitrogens with zero attached hydrogens (tertiary/aromatic N) is 2. The highest BCUT2D eigenvalue weighted by Gasteiger charge is 2.15. The monoisotopic (exact) mass is 248 g/mol. The topological polar surface area (TPSA) is 66.9 Å². The number of rotatable bonds is 5. The van der Waals surface area contributed by atoms with E-state index in [1.54, 1.807) is 6.92 Å². The van der Waals surface area contributed by atoms with Crippen LogP contribution in [0.5, 0.6) is 0 Å². The van der Waals surface area contributed by atoms with Gasteiger partial charge in [-0.25, -0.2) is 9.97 Å². The van der Waals surface area contributed by atoms with E-state index < -0.39 is 0 Å². The minimum Gasteiger partial charge on any atom is -0.367 e. The summed E-state index contributed by atoms with van der Waals surface area (Å²) in [4.78, 5) is 19.6. The highest BCUT2D eigenvalue weighted by molar-refractivity contribution is 5.80. The first-order valence-electron chi connectivity index (χ1n) is 6.49. The summed E-state index contributed by atoms with van der Waals surface area (Å²) in [6.45, 7) is 3.72. The summed E-state index contributed by atoms with van der Waals surface area (Å²) < 4.78 is 0. The Morgan fingerprint density at radius 2 is 2.00 bits per heavy atom. The first kappa shape index (κ1) is 12.8. The fourth-order valence-electron chi connectivity index (χ4n) is 2.23. The molecule has 0 saturated heterocycles. The van der Waals surface area contributed by atoms with Crippen molar-refractivity contribution in [2.75, 3.05) is 17.2 Å². The molecule has 1 saturated carbocycles. The highest BCUT2D eigenvalue weighted by atomic mass is 16.1. The molecule has 5 heteroatoms. The SMILES string of the molecule is CC(=O)CNc1cc(NC2CCCC2)nc(C)n1. The molecule has 0 radical (unpaired) electrons. The molecule has 1 aromatic rings. The number of carbonyl (C=O) groups is 1. The van der Waals surface area contributed by atoms with Crippen molar-refractivity contribution in [1.29, 1.82) is 0 Å². The molecule has 0 bridgehead atoms. The molecule has 18 heavy (non-hydrogen) atoms. The predicted molar refractivity (Wildman–Crippen MR) is 71.8 cm³/mol. The van der Waals surface area contributed by atoms with Gasteiger partial charge in [0.15, 0.2) is 0 Å². The smallest absolute Gasteiger partial charge is 0.148 e. The van der Waals surface area contributed by atoms with Crippen LogP contribution in [-0.2, 0) is 4.79 Å². The van der Waals surface area contributed by atoms with Crippen LogP contribution < -0.4 is 10.6 Å². The Kier molecular flexibility index (Phi) is 4.12. The van der Waals surface area contributed by atoms with Crippen LogP contribution in [-0.4, -0.2) is 28.3 Å². The molecule has 5 nitrogen and oxygen atoms in total. The second kappa shape index (κ2) is 5.80. The average molecular weight is 248 g/mol. The first-order chi connectivity index (χ1) is 8.63. The summed E-state index contributed by atoms with van der Waals surface area (Å²) in [5.41, 5.74) is 0. The van der Waals surface area contributed by atoms with E-state index in [0.29, 0.717) is 24.2 Å². The van der Waals surface area contributed by atoms with Crippen LogP contribution in [0.25, 0.3) is 0 Å². The number of hydrogen-bond acceptors (Lipinski definition) is 5. The molecule has 0 unspecified atom stereocenters. The Balaban J connectivity index is 2.02. The van der Waals surface area contributed by atoms with E-state index in [9.17, 15) is 4.79 Å². The largest absolute Gasteiger partial charge is 0.367 e. The van der Waals surface area contributed by atoms with E-state index in [2.05, 4.69) is 20.6 Å². The van der Waals surface area contributed by atoms with Gasteiger partial charge in [-0.2, -0.15) is 0 Å². The molecule has 1 fully saturated rings. The molecule has 0 atom stereocenters. The molecule has 1 aliphatic rings. The van der Waals surface area contributed by atoms with Gasteiger partial charge in [-0.3, -0.25) is 4.79 Å². The van der Waals surface area contributed by atoms with Crippen molar-refractivity contribution in [1.82, 2.24) is 9.97 Å². The minimum atomic E-state index is 0.0940. The third-order valence-corrected chi connectivity index (χ3v) is 3.06. The maximum absolute atomic E-state index is 10.9. The van der Waals surface area contributed by atoms with Gasteiger partial charge in [0.05, 0.1) is 6.54 Å². The van der Waals surface area contributed by atoms with Crippen LogP contribution in [0.1, 0.15) is 38.4 Å². The van der Waals surface area contributed by atoms with Gasteiger partial charge >= 0.3 is 0 Å². The Hall–Kier alpha value is -1.65. The van der Waals surface area contributed by atoms with Gasteiger partial charge in [0.2, 0.25) is 0 Å². The molecule has 0 aromatic carbocycles. The van der Waals surface area contributed by atoms with Gasteiger partial charge in [-0.15, -0.1) is 0 Å². The van der Waals surface area contributed by atoms with Crippen molar-refractivity contribution in [3.8, 4) is 0 Å². The fraction of sp³-hybridized carbons (Fsp3) is 0.615. The number of anilines is 2. The van der Waals surface area contributed by atoms with Crippen LogP contribution in [0.2, 0.25) is 0 Å². The highest BCUT2D eigenvalue weighted by Crippen LogP contribution is 2.22. The summed E-state index contributed by atoms with van der Waals surface area (Å²) in [6.07, 6.45) is 4.99. The zero-order chi connectivity index (χ0) is 13.0. The van der Waals surface area contributed by atoms with Crippen molar-refractivity contribution in [2.45, 2.75) is 45.6 Å². The molecule has 2 rings (SSSR count). The summed E-state index contributed by atoms with van der Waals surface area (Å²) in [5.74, 6) is 2.36. The number of aryl methyl sites for hydroxylation is 1. The van der Waals surface area contributed by atoms with Gasteiger partial charge in [0.25, 0.3) is 0 Å². The number of ketones is 1. The summed E-state index contributed by atoms with van der Waals surface area (Å²) >= 11 is 0. The molecular formula is C13H20N4O. The summed E-state index contributed by atoms with van der Waals surface area (Å²) in [5, 5.41) is 6.44. The second-order valence-electron chi connectivity index (χ2n) is 4.87. The third kappa shape index (κ3) is 3.68. The maximum Gasteiger partial charge on any atom is 0.148 e. The molecule has 98 valence electrons. The predicted octanol–water partition coefficient (Wildman–Crippen LogP) is 2.14. The van der Waals surface area contributed by atoms with Crippen molar-refractivity contribution in [3.63, 3.8) is 0 Å². The minimum absolute atomic E-state index is 0.0940. The van der Waals surface area contributed by atoms with Gasteiger partial charge in [0.1, 0.15) is 23.2 Å². The summed E-state index contributed by atoms with van der Waals surface area (Å²) in [6, 6.07) is 2.40. The average Bonchev–Trinajstić information content (AvgIpc) is 2.78. The first-order valence-corrected chi connectivity index (χ1v) is 6.49. The molecule has 1 aliphatic carbocycles. The van der Waals surface area contributed by atoms with Crippen LogP contribution >= 0.6 is 0 Å². The van der Waals surface area contributed by atoms with Crippen molar-refractivity contribution >= 4 is 17.4 Å². The van der Waals surface area contributed by atoms with E-state index >= 15 is 0 Å². The number of hydrogen-bond donors (Lipinski definition) is 2. The normalized spacial score (nSPS) is 15.7. The van der Waals surface area contributed by atoms with Gasteiger partial charge in [-0.05, 0) is 26.7 Å². The number of aromatic nitrogens is 2. The number of Topliss-reactive ketones (excluding diaryl/α,β-unsaturated/α-hetero) is 1. The number of carbonyl (C=O) groups excluding carboxylic acids is 1. The van der Waals surface area contributed by atoms with Crippen LogP contribution in [0.4, 0.5) is 11.6 Å². The van der Waals surface area contributed by atoms with E-state index in [1.807, 2.05) is 13.0 Å². The Labute approximate surface area is 107 Å². The molecule has 0 aliphatic heterocycles. The Bertz CT molecular complexity index is 427. The zero-order valence-electron chi connectivity index (χ0n) is 11.0. The lowest BCUT2D eigenvalue weighted by Crippen LogP contribution is -2.17. The number of nitrogens with one attached hydrogen (secondary N) is 2. The standard InChI is InChI=1S/C13H20N4O/c1-9(18)8-14-12-7-13(16-10(2)15-12)17-11-5-3-4-6-11/h7,11H,3-6,8H2,1-2H3,(H2,14,15,16,17). The van der Waals surface area contributed by atoms with Crippen molar-refractivity contribution in [3.05, 3.63) is 11.9 Å². The lowest BCUT2D eigenvalue weighted by molar-refractivity contribution is -0.115. The quantitative estimate of drug-likeness (QED) is 0.835. The van der Waals surface area contributed by atoms with E-state index in [0.717, 1.165) is 5.82 Å². The molecule has 1 aromatic heterocycles. The molecule has 2 N–H and O–H groups in total. The van der Waals surface area contributed by atoms with Crippen molar-refractivity contribution in [2.24, 2.45) is 0 Å². The van der Waals surface area contributed by atoms with Crippen LogP contribution in [0.15, 0.2) is 6.07 Å². The third-order valence-electron chi connectivity index (χ3n) is 3.06. The Morgan fingerprint density at radius 3 is 2.67 bits per heavy atom. The lowest BCUT2D eigenvalue weighted by Gasteiger charge is -2.14. The fourth-order valence-corrected chi connectivity index (χ4v) is 2.23. The van der Waals surface area contributed by atoms with E-state index in [1.165, 1.54) is 25.7 Å². The molecule has 1 heterocycles. The van der Waals surface area contributed by atoms with E-state index in [-0.39, 0.29) is 5.78 Å². The van der Waals surface area contributed by atoms with Gasteiger partial charge in [-0.1, -0.05) is 12.8 Å². The lowest BCUT2D eigenvalue weighted by atomic mass is 10.2. The van der Waals surface area contributed by atoms with Gasteiger partial charge in [0, 0.05) is 12.1 Å². The van der Waals surface area contributed by atoms with E-state index in [4.69, 9.17) is 0 Å². The summed E-state index contributed by atoms with van der Waals surface area (Å²) in [7, 11) is 0. The second-order valence-corrected chi connectivity index (χ2v) is 4.87. The van der Waals surface area contributed by atoms with Crippen LogP contribution in [0, 0.1) is 6.92 Å². The molecule has 0 spiro atoms. The molecule has 0 amide bonds. The maximum atomic E-state index is 10.9. The van der Waals surface area contributed by atoms with Crippen LogP contribution in [0.3, 0.4) is 0 Å². The Morgan fingerprint density at radius 1 is 1.33 bits per heavy atom. The van der Waals surface area contributed by atoms with Gasteiger partial charge < -0.3 is 10.6 Å². The zero-order valence-corrected chi connectivity index (χ0v) is 11.0.